The van der Waals surface area contributed by atoms with Gasteiger partial charge in [0.15, 0.2) is 0 Å². The third kappa shape index (κ3) is 4.42. The number of carbonyl (C=O) groups is 2. The first-order valence-corrected chi connectivity index (χ1v) is 9.09. The third-order valence-electron chi connectivity index (χ3n) is 4.49. The lowest BCUT2D eigenvalue weighted by molar-refractivity contribution is -0.121. The smallest absolute Gasteiger partial charge is 0.253 e. The van der Waals surface area contributed by atoms with Gasteiger partial charge < -0.3 is 14.8 Å². The van der Waals surface area contributed by atoms with Crippen LogP contribution in [-0.2, 0) is 4.79 Å². The number of likely N-dealkylation sites (tertiary alicyclic amines) is 1. The van der Waals surface area contributed by atoms with Crippen molar-refractivity contribution in [2.45, 2.75) is 25.3 Å². The van der Waals surface area contributed by atoms with Crippen molar-refractivity contribution >= 4 is 23.4 Å². The fraction of sp³-hybridized carbons (Fsp3) is 0.368. The highest BCUT2D eigenvalue weighted by molar-refractivity contribution is 6.18. The van der Waals surface area contributed by atoms with Gasteiger partial charge in [-0.05, 0) is 49.2 Å². The van der Waals surface area contributed by atoms with Crippen molar-refractivity contribution in [1.82, 2.24) is 14.8 Å². The number of rotatable bonds is 5. The maximum Gasteiger partial charge on any atom is 0.253 e. The average Bonchev–Trinajstić information content (AvgIpc) is 3.17. The first-order valence-electron chi connectivity index (χ1n) is 8.55. The van der Waals surface area contributed by atoms with Crippen LogP contribution in [0.2, 0.25) is 0 Å². The van der Waals surface area contributed by atoms with Crippen LogP contribution in [0.5, 0.6) is 0 Å². The van der Waals surface area contributed by atoms with Crippen LogP contribution in [0, 0.1) is 0 Å². The minimum absolute atomic E-state index is 0.0135. The van der Waals surface area contributed by atoms with E-state index >= 15 is 0 Å². The molecule has 3 rings (SSSR count). The van der Waals surface area contributed by atoms with E-state index < -0.39 is 0 Å². The second kappa shape index (κ2) is 8.21. The molecule has 132 valence electrons. The van der Waals surface area contributed by atoms with Gasteiger partial charge in [-0.3, -0.25) is 9.59 Å². The molecule has 1 aromatic heterocycles. The molecule has 0 unspecified atom stereocenters. The quantitative estimate of drug-likeness (QED) is 0.834. The van der Waals surface area contributed by atoms with Crippen molar-refractivity contribution in [1.29, 1.82) is 0 Å². The van der Waals surface area contributed by atoms with E-state index in [0.29, 0.717) is 31.0 Å². The molecule has 0 spiro atoms. The summed E-state index contributed by atoms with van der Waals surface area (Å²) in [7, 11) is 0. The molecular formula is C19H22ClN3O2. The Balaban J connectivity index is 1.55. The lowest BCUT2D eigenvalue weighted by Crippen LogP contribution is -2.46. The third-order valence-corrected chi connectivity index (χ3v) is 4.67. The topological polar surface area (TPSA) is 54.3 Å². The van der Waals surface area contributed by atoms with Crippen LogP contribution >= 0.6 is 11.6 Å². The van der Waals surface area contributed by atoms with Gasteiger partial charge in [-0.25, -0.2) is 0 Å². The Kier molecular flexibility index (Phi) is 5.76. The van der Waals surface area contributed by atoms with E-state index in [0.717, 1.165) is 18.5 Å². The summed E-state index contributed by atoms with van der Waals surface area (Å²) in [6, 6.07) is 11.7. The van der Waals surface area contributed by atoms with Crippen molar-refractivity contribution < 1.29 is 9.59 Å². The lowest BCUT2D eigenvalue weighted by atomic mass is 10.0. The largest absolute Gasteiger partial charge is 0.353 e. The molecule has 0 radical (unpaired) electrons. The highest BCUT2D eigenvalue weighted by Gasteiger charge is 2.24. The predicted molar refractivity (Wildman–Crippen MR) is 98.2 cm³/mol. The number of piperidine rings is 1. The Morgan fingerprint density at radius 2 is 1.72 bits per heavy atom. The first kappa shape index (κ1) is 17.5. The van der Waals surface area contributed by atoms with Gasteiger partial charge in [-0.1, -0.05) is 0 Å². The molecule has 0 saturated carbocycles. The van der Waals surface area contributed by atoms with Gasteiger partial charge in [0.05, 0.1) is 0 Å². The van der Waals surface area contributed by atoms with Crippen LogP contribution in [0.25, 0.3) is 5.69 Å². The Bertz CT molecular complexity index is 705. The van der Waals surface area contributed by atoms with E-state index in [1.54, 1.807) is 0 Å². The fourth-order valence-corrected chi connectivity index (χ4v) is 3.25. The Hall–Kier alpha value is -2.27. The molecule has 2 aromatic rings. The summed E-state index contributed by atoms with van der Waals surface area (Å²) in [6.07, 6.45) is 5.84. The van der Waals surface area contributed by atoms with Crippen molar-refractivity contribution in [3.05, 3.63) is 54.4 Å². The monoisotopic (exact) mass is 359 g/mol. The minimum Gasteiger partial charge on any atom is -0.353 e. The summed E-state index contributed by atoms with van der Waals surface area (Å²) < 4.78 is 2.00. The molecule has 6 heteroatoms. The fourth-order valence-electron chi connectivity index (χ4n) is 3.08. The Morgan fingerprint density at radius 1 is 1.08 bits per heavy atom. The Labute approximate surface area is 152 Å². The molecule has 1 aliphatic rings. The summed E-state index contributed by atoms with van der Waals surface area (Å²) in [6.45, 7) is 1.31. The molecule has 1 N–H and O–H groups in total. The van der Waals surface area contributed by atoms with E-state index in [1.165, 1.54) is 0 Å². The zero-order chi connectivity index (χ0) is 17.6. The van der Waals surface area contributed by atoms with Gasteiger partial charge in [0.2, 0.25) is 5.91 Å². The molecule has 1 saturated heterocycles. The SMILES string of the molecule is O=C(CCCl)NC1CCN(C(=O)c2ccc(-n3cccc3)cc2)CC1. The number of benzene rings is 1. The zero-order valence-electron chi connectivity index (χ0n) is 14.0. The lowest BCUT2D eigenvalue weighted by Gasteiger charge is -2.32. The van der Waals surface area contributed by atoms with E-state index in [4.69, 9.17) is 11.6 Å². The molecule has 1 aliphatic heterocycles. The number of hydrogen-bond acceptors (Lipinski definition) is 2. The second-order valence-electron chi connectivity index (χ2n) is 6.21. The summed E-state index contributed by atoms with van der Waals surface area (Å²) in [5.74, 6) is 0.368. The van der Waals surface area contributed by atoms with Gasteiger partial charge in [-0.15, -0.1) is 11.6 Å². The van der Waals surface area contributed by atoms with E-state index in [-0.39, 0.29) is 17.9 Å². The Morgan fingerprint density at radius 3 is 2.32 bits per heavy atom. The van der Waals surface area contributed by atoms with Crippen LogP contribution in [0.4, 0.5) is 0 Å². The summed E-state index contributed by atoms with van der Waals surface area (Å²) in [4.78, 5) is 26.1. The van der Waals surface area contributed by atoms with Gasteiger partial charge >= 0.3 is 0 Å². The summed E-state index contributed by atoms with van der Waals surface area (Å²) >= 11 is 5.58. The van der Waals surface area contributed by atoms with Crippen molar-refractivity contribution in [2.24, 2.45) is 0 Å². The number of aromatic nitrogens is 1. The normalized spacial score (nSPS) is 15.2. The predicted octanol–water partition coefficient (Wildman–Crippen LogP) is 2.83. The first-order chi connectivity index (χ1) is 12.2. The van der Waals surface area contributed by atoms with Gasteiger partial charge in [0.25, 0.3) is 5.91 Å². The number of hydrogen-bond donors (Lipinski definition) is 1. The van der Waals surface area contributed by atoms with E-state index in [1.807, 2.05) is 58.3 Å². The molecule has 1 fully saturated rings. The number of carbonyl (C=O) groups excluding carboxylic acids is 2. The van der Waals surface area contributed by atoms with Crippen molar-refractivity contribution in [2.75, 3.05) is 19.0 Å². The van der Waals surface area contributed by atoms with Gasteiger partial charge in [0, 0.05) is 55.1 Å². The van der Waals surface area contributed by atoms with E-state index in [2.05, 4.69) is 5.32 Å². The van der Waals surface area contributed by atoms with Crippen LogP contribution < -0.4 is 5.32 Å². The van der Waals surface area contributed by atoms with Gasteiger partial charge in [0.1, 0.15) is 0 Å². The standard InChI is InChI=1S/C19H22ClN3O2/c20-10-7-18(24)21-16-8-13-23(14-9-16)19(25)15-3-5-17(6-4-15)22-11-1-2-12-22/h1-6,11-12,16H,7-10,13-14H2,(H,21,24). The van der Waals surface area contributed by atoms with E-state index in [9.17, 15) is 9.59 Å². The van der Waals surface area contributed by atoms with Crippen LogP contribution in [0.3, 0.4) is 0 Å². The molecule has 5 nitrogen and oxygen atoms in total. The van der Waals surface area contributed by atoms with Gasteiger partial charge in [-0.2, -0.15) is 0 Å². The highest BCUT2D eigenvalue weighted by Crippen LogP contribution is 2.16. The number of nitrogens with one attached hydrogen (secondary N) is 1. The second-order valence-corrected chi connectivity index (χ2v) is 6.59. The van der Waals surface area contributed by atoms with Crippen molar-refractivity contribution in [3.63, 3.8) is 0 Å². The molecule has 2 heterocycles. The maximum atomic E-state index is 12.6. The maximum absolute atomic E-state index is 12.6. The van der Waals surface area contributed by atoms with Crippen LogP contribution in [-0.4, -0.2) is 46.3 Å². The molecule has 25 heavy (non-hydrogen) atoms. The number of alkyl halides is 1. The number of halogens is 1. The summed E-state index contributed by atoms with van der Waals surface area (Å²) in [5, 5.41) is 2.98. The average molecular weight is 360 g/mol. The van der Waals surface area contributed by atoms with Crippen LogP contribution in [0.15, 0.2) is 48.8 Å². The molecule has 1 aromatic carbocycles. The number of amides is 2. The molecular weight excluding hydrogens is 338 g/mol. The highest BCUT2D eigenvalue weighted by atomic mass is 35.5. The molecule has 0 bridgehead atoms. The molecule has 2 amide bonds. The van der Waals surface area contributed by atoms with Crippen molar-refractivity contribution in [3.8, 4) is 5.69 Å². The molecule has 0 aliphatic carbocycles. The van der Waals surface area contributed by atoms with Crippen LogP contribution in [0.1, 0.15) is 29.6 Å². The summed E-state index contributed by atoms with van der Waals surface area (Å²) in [5.41, 5.74) is 1.72. The molecule has 0 atom stereocenters. The number of nitrogens with zero attached hydrogens (tertiary/aromatic N) is 2. The zero-order valence-corrected chi connectivity index (χ0v) is 14.8. The minimum atomic E-state index is -0.0135.